The molecule has 0 aliphatic heterocycles. The molecular formula is C4H11Cl2NO2. The number of carbonyl (C=O) groups is 1. The van der Waals surface area contributed by atoms with Crippen LogP contribution in [0.2, 0.25) is 0 Å². The van der Waals surface area contributed by atoms with Crippen LogP contribution in [-0.4, -0.2) is 19.1 Å². The SMILES string of the molecule is COC(=O)C(C)N.Cl.Cl. The Morgan fingerprint density at radius 1 is 1.56 bits per heavy atom. The van der Waals surface area contributed by atoms with E-state index in [1.165, 1.54) is 7.11 Å². The van der Waals surface area contributed by atoms with Crippen LogP contribution in [0.25, 0.3) is 0 Å². The largest absolute Gasteiger partial charge is 0.468 e. The molecule has 58 valence electrons. The zero-order valence-electron chi connectivity index (χ0n) is 5.29. The quantitative estimate of drug-likeness (QED) is 0.586. The van der Waals surface area contributed by atoms with Crippen LogP contribution in [0, 0.1) is 0 Å². The predicted molar refractivity (Wildman–Crippen MR) is 40.2 cm³/mol. The van der Waals surface area contributed by atoms with E-state index in [0.29, 0.717) is 0 Å². The van der Waals surface area contributed by atoms with Crippen molar-refractivity contribution >= 4 is 30.8 Å². The summed E-state index contributed by atoms with van der Waals surface area (Å²) < 4.78 is 4.25. The van der Waals surface area contributed by atoms with E-state index in [9.17, 15) is 4.79 Å². The fraction of sp³-hybridized carbons (Fsp3) is 0.750. The van der Waals surface area contributed by atoms with Crippen molar-refractivity contribution in [3.8, 4) is 0 Å². The summed E-state index contributed by atoms with van der Waals surface area (Å²) in [6.07, 6.45) is 0. The van der Waals surface area contributed by atoms with Gasteiger partial charge in [-0.05, 0) is 6.92 Å². The fourth-order valence-corrected chi connectivity index (χ4v) is 0.186. The lowest BCUT2D eigenvalue weighted by molar-refractivity contribution is -0.141. The molecule has 3 nitrogen and oxygen atoms in total. The number of rotatable bonds is 1. The first-order valence-corrected chi connectivity index (χ1v) is 2.02. The Morgan fingerprint density at radius 3 is 1.89 bits per heavy atom. The monoisotopic (exact) mass is 175 g/mol. The molecule has 0 aliphatic carbocycles. The van der Waals surface area contributed by atoms with Gasteiger partial charge in [-0.15, -0.1) is 24.8 Å². The molecule has 0 rings (SSSR count). The molecule has 9 heavy (non-hydrogen) atoms. The highest BCUT2D eigenvalue weighted by Crippen LogP contribution is 1.76. The van der Waals surface area contributed by atoms with Crippen molar-refractivity contribution in [1.82, 2.24) is 0 Å². The molecule has 0 aromatic heterocycles. The molecule has 0 aromatic rings. The number of hydrogen-bond acceptors (Lipinski definition) is 3. The summed E-state index contributed by atoms with van der Waals surface area (Å²) in [5, 5.41) is 0. The highest BCUT2D eigenvalue weighted by atomic mass is 35.5. The number of hydrogen-bond donors (Lipinski definition) is 1. The molecule has 0 saturated carbocycles. The second-order valence-corrected chi connectivity index (χ2v) is 1.31. The number of carbonyl (C=O) groups excluding carboxylic acids is 1. The van der Waals surface area contributed by atoms with Gasteiger partial charge in [0.1, 0.15) is 6.04 Å². The molecule has 0 aromatic carbocycles. The first kappa shape index (κ1) is 16.0. The third-order valence-electron chi connectivity index (χ3n) is 0.573. The fourth-order valence-electron chi connectivity index (χ4n) is 0.186. The van der Waals surface area contributed by atoms with Gasteiger partial charge in [0.25, 0.3) is 0 Å². The minimum atomic E-state index is -0.495. The second kappa shape index (κ2) is 8.01. The Morgan fingerprint density at radius 2 is 1.89 bits per heavy atom. The normalized spacial score (nSPS) is 10.1. The van der Waals surface area contributed by atoms with Crippen molar-refractivity contribution in [3.63, 3.8) is 0 Å². The van der Waals surface area contributed by atoms with Gasteiger partial charge in [-0.25, -0.2) is 0 Å². The van der Waals surface area contributed by atoms with Crippen LogP contribution in [0.15, 0.2) is 0 Å². The third kappa shape index (κ3) is 8.01. The van der Waals surface area contributed by atoms with E-state index in [1.807, 2.05) is 0 Å². The van der Waals surface area contributed by atoms with Gasteiger partial charge >= 0.3 is 5.97 Å². The van der Waals surface area contributed by atoms with Crippen LogP contribution in [0.1, 0.15) is 6.92 Å². The summed E-state index contributed by atoms with van der Waals surface area (Å²) in [5.41, 5.74) is 5.07. The number of ether oxygens (including phenoxy) is 1. The van der Waals surface area contributed by atoms with Gasteiger partial charge in [0.15, 0.2) is 0 Å². The van der Waals surface area contributed by atoms with E-state index >= 15 is 0 Å². The highest BCUT2D eigenvalue weighted by Gasteiger charge is 2.03. The maximum atomic E-state index is 10.2. The van der Waals surface area contributed by atoms with Crippen LogP contribution in [0.3, 0.4) is 0 Å². The average Bonchev–Trinajstić information content (AvgIpc) is 1.65. The van der Waals surface area contributed by atoms with Crippen LogP contribution < -0.4 is 5.73 Å². The lowest BCUT2D eigenvalue weighted by Crippen LogP contribution is -2.27. The molecule has 2 N–H and O–H groups in total. The average molecular weight is 176 g/mol. The maximum absolute atomic E-state index is 10.2. The zero-order chi connectivity index (χ0) is 5.86. The van der Waals surface area contributed by atoms with E-state index in [-0.39, 0.29) is 30.8 Å². The summed E-state index contributed by atoms with van der Waals surface area (Å²) in [4.78, 5) is 10.2. The van der Waals surface area contributed by atoms with Gasteiger partial charge < -0.3 is 10.5 Å². The summed E-state index contributed by atoms with van der Waals surface area (Å²) in [6.45, 7) is 1.58. The Balaban J connectivity index is -0.000000180. The second-order valence-electron chi connectivity index (χ2n) is 1.31. The Kier molecular flexibility index (Phi) is 14.2. The molecule has 5 heteroatoms. The minimum Gasteiger partial charge on any atom is -0.468 e. The molecule has 1 unspecified atom stereocenters. The van der Waals surface area contributed by atoms with Crippen LogP contribution in [-0.2, 0) is 9.53 Å². The van der Waals surface area contributed by atoms with Crippen molar-refractivity contribution in [2.45, 2.75) is 13.0 Å². The van der Waals surface area contributed by atoms with Crippen molar-refractivity contribution in [2.75, 3.05) is 7.11 Å². The molecule has 0 radical (unpaired) electrons. The van der Waals surface area contributed by atoms with E-state index in [2.05, 4.69) is 4.74 Å². The van der Waals surface area contributed by atoms with E-state index in [1.54, 1.807) is 6.92 Å². The first-order chi connectivity index (χ1) is 3.18. The highest BCUT2D eigenvalue weighted by molar-refractivity contribution is 5.85. The van der Waals surface area contributed by atoms with Gasteiger partial charge in [0.05, 0.1) is 7.11 Å². The Bertz CT molecular complexity index is 77.0. The van der Waals surface area contributed by atoms with Crippen molar-refractivity contribution in [3.05, 3.63) is 0 Å². The Hall–Kier alpha value is 0.01000. The number of methoxy groups -OCH3 is 1. The number of halogens is 2. The molecule has 0 saturated heterocycles. The van der Waals surface area contributed by atoms with E-state index < -0.39 is 6.04 Å². The van der Waals surface area contributed by atoms with E-state index in [4.69, 9.17) is 5.73 Å². The Labute approximate surface area is 66.8 Å². The van der Waals surface area contributed by atoms with Crippen molar-refractivity contribution in [1.29, 1.82) is 0 Å². The summed E-state index contributed by atoms with van der Waals surface area (Å²) >= 11 is 0. The first-order valence-electron chi connectivity index (χ1n) is 2.02. The number of nitrogens with two attached hydrogens (primary N) is 1. The molecule has 0 aliphatic rings. The molecular weight excluding hydrogens is 165 g/mol. The van der Waals surface area contributed by atoms with Gasteiger partial charge in [-0.2, -0.15) is 0 Å². The van der Waals surface area contributed by atoms with Gasteiger partial charge in [-0.3, -0.25) is 4.79 Å². The topological polar surface area (TPSA) is 52.3 Å². The van der Waals surface area contributed by atoms with E-state index in [0.717, 1.165) is 0 Å². The molecule has 0 amide bonds. The molecule has 0 bridgehead atoms. The molecule has 0 spiro atoms. The van der Waals surface area contributed by atoms with Gasteiger partial charge in [0, 0.05) is 0 Å². The molecule has 1 atom stereocenters. The van der Waals surface area contributed by atoms with Gasteiger partial charge in [-0.1, -0.05) is 0 Å². The van der Waals surface area contributed by atoms with Crippen LogP contribution >= 0.6 is 24.8 Å². The minimum absolute atomic E-state index is 0. The van der Waals surface area contributed by atoms with Crippen molar-refractivity contribution < 1.29 is 9.53 Å². The summed E-state index contributed by atoms with van der Waals surface area (Å²) in [5.74, 6) is -0.375. The lowest BCUT2D eigenvalue weighted by Gasteiger charge is -1.98. The molecule has 0 heterocycles. The summed E-state index contributed by atoms with van der Waals surface area (Å²) in [7, 11) is 1.31. The standard InChI is InChI=1S/C4H9NO2.2ClH/c1-3(5)4(6)7-2;;/h3H,5H2,1-2H3;2*1H. The summed E-state index contributed by atoms with van der Waals surface area (Å²) in [6, 6.07) is -0.495. The van der Waals surface area contributed by atoms with Crippen molar-refractivity contribution in [2.24, 2.45) is 5.73 Å². The van der Waals surface area contributed by atoms with Crippen LogP contribution in [0.4, 0.5) is 0 Å². The third-order valence-corrected chi connectivity index (χ3v) is 0.573. The predicted octanol–water partition coefficient (Wildman–Crippen LogP) is 0.350. The van der Waals surface area contributed by atoms with Crippen LogP contribution in [0.5, 0.6) is 0 Å². The smallest absolute Gasteiger partial charge is 0.322 e. The van der Waals surface area contributed by atoms with Gasteiger partial charge in [0.2, 0.25) is 0 Å². The lowest BCUT2D eigenvalue weighted by atomic mass is 10.4. The maximum Gasteiger partial charge on any atom is 0.322 e. The molecule has 0 fully saturated rings. The number of esters is 1. The zero-order valence-corrected chi connectivity index (χ0v) is 6.92.